The Morgan fingerprint density at radius 1 is 1.30 bits per heavy atom. The van der Waals surface area contributed by atoms with E-state index >= 15 is 0 Å². The van der Waals surface area contributed by atoms with Crippen molar-refractivity contribution in [1.29, 1.82) is 0 Å². The third-order valence-electron chi connectivity index (χ3n) is 4.08. The van der Waals surface area contributed by atoms with Gasteiger partial charge in [0.15, 0.2) is 0 Å². The summed E-state index contributed by atoms with van der Waals surface area (Å²) in [5, 5.41) is 9.40. The third kappa shape index (κ3) is 2.30. The molecule has 2 fully saturated rings. The molecule has 3 rings (SSSR count). The Morgan fingerprint density at radius 2 is 1.95 bits per heavy atom. The van der Waals surface area contributed by atoms with Gasteiger partial charge in [0.25, 0.3) is 0 Å². The zero-order chi connectivity index (χ0) is 14.3. The van der Waals surface area contributed by atoms with E-state index in [0.29, 0.717) is 0 Å². The predicted octanol–water partition coefficient (Wildman–Crippen LogP) is 2.55. The molecule has 1 saturated carbocycles. The molecule has 2 unspecified atom stereocenters. The van der Waals surface area contributed by atoms with Gasteiger partial charge in [-0.1, -0.05) is 12.1 Å². The summed E-state index contributed by atoms with van der Waals surface area (Å²) >= 11 is 1.65. The summed E-state index contributed by atoms with van der Waals surface area (Å²) in [6.07, 6.45) is 4.13. The van der Waals surface area contributed by atoms with E-state index in [2.05, 4.69) is 0 Å². The number of benzene rings is 1. The molecule has 20 heavy (non-hydrogen) atoms. The Kier molecular flexibility index (Phi) is 3.46. The fraction of sp³-hybridized carbons (Fsp3) is 0.467. The molecule has 106 valence electrons. The molecule has 1 aromatic rings. The van der Waals surface area contributed by atoms with Gasteiger partial charge in [0, 0.05) is 17.4 Å². The van der Waals surface area contributed by atoms with Crippen molar-refractivity contribution in [3.8, 4) is 0 Å². The maximum Gasteiger partial charge on any atom is 0.309 e. The van der Waals surface area contributed by atoms with Crippen molar-refractivity contribution in [2.45, 2.75) is 36.2 Å². The molecule has 0 aromatic heterocycles. The first-order valence-electron chi connectivity index (χ1n) is 6.79. The molecular weight excluding hydrogens is 274 g/mol. The summed E-state index contributed by atoms with van der Waals surface area (Å²) in [5.41, 5.74) is 0.938. The molecule has 1 aliphatic carbocycles. The summed E-state index contributed by atoms with van der Waals surface area (Å²) in [6.45, 7) is 0. The molecule has 1 aromatic carbocycles. The maximum absolute atomic E-state index is 12.1. The molecular formula is C15H17NO3S. The van der Waals surface area contributed by atoms with Crippen LogP contribution in [0.4, 0.5) is 0 Å². The van der Waals surface area contributed by atoms with Gasteiger partial charge in [0.1, 0.15) is 0 Å². The lowest BCUT2D eigenvalue weighted by molar-refractivity contribution is -0.142. The Balaban J connectivity index is 1.95. The first-order chi connectivity index (χ1) is 9.61. The number of carboxylic acids is 1. The van der Waals surface area contributed by atoms with Gasteiger partial charge in [-0.2, -0.15) is 0 Å². The normalized spacial score (nSPS) is 26.1. The van der Waals surface area contributed by atoms with Gasteiger partial charge in [0.2, 0.25) is 5.91 Å². The number of likely N-dealkylation sites (tertiary alicyclic amines) is 1. The summed E-state index contributed by atoms with van der Waals surface area (Å²) in [5.74, 6) is -1.51. The second-order valence-corrected chi connectivity index (χ2v) is 6.28. The van der Waals surface area contributed by atoms with Crippen LogP contribution in [0.3, 0.4) is 0 Å². The van der Waals surface area contributed by atoms with Gasteiger partial charge in [-0.05, 0) is 36.8 Å². The fourth-order valence-corrected chi connectivity index (χ4v) is 3.36. The van der Waals surface area contributed by atoms with Crippen LogP contribution < -0.4 is 0 Å². The topological polar surface area (TPSA) is 57.6 Å². The van der Waals surface area contributed by atoms with Crippen molar-refractivity contribution in [2.75, 3.05) is 6.26 Å². The Hall–Kier alpha value is -1.49. The van der Waals surface area contributed by atoms with Gasteiger partial charge in [-0.3, -0.25) is 9.59 Å². The maximum atomic E-state index is 12.1. The summed E-state index contributed by atoms with van der Waals surface area (Å²) < 4.78 is 0. The molecule has 1 N–H and O–H groups in total. The van der Waals surface area contributed by atoms with Crippen LogP contribution in [0.15, 0.2) is 29.2 Å². The van der Waals surface area contributed by atoms with Crippen LogP contribution in [0.25, 0.3) is 0 Å². The highest BCUT2D eigenvalue weighted by molar-refractivity contribution is 7.98. The van der Waals surface area contributed by atoms with Crippen LogP contribution in [-0.2, 0) is 9.59 Å². The molecule has 0 spiro atoms. The molecule has 1 saturated heterocycles. The van der Waals surface area contributed by atoms with Gasteiger partial charge >= 0.3 is 5.97 Å². The van der Waals surface area contributed by atoms with Crippen LogP contribution >= 0.6 is 11.8 Å². The molecule has 4 nitrogen and oxygen atoms in total. The van der Waals surface area contributed by atoms with Crippen molar-refractivity contribution in [1.82, 2.24) is 4.90 Å². The SMILES string of the molecule is CSc1ccc(C2C(C(=O)O)CC(=O)N2C2CC2)cc1. The first kappa shape index (κ1) is 13.5. The molecule has 2 aliphatic rings. The first-order valence-corrected chi connectivity index (χ1v) is 8.02. The van der Waals surface area contributed by atoms with E-state index in [0.717, 1.165) is 23.3 Å². The number of carboxylic acid groups (broad SMARTS) is 1. The van der Waals surface area contributed by atoms with Gasteiger partial charge in [0.05, 0.1) is 12.0 Å². The number of carbonyl (C=O) groups is 2. The zero-order valence-corrected chi connectivity index (χ0v) is 12.1. The minimum Gasteiger partial charge on any atom is -0.481 e. The second-order valence-electron chi connectivity index (χ2n) is 5.40. The number of aliphatic carboxylic acids is 1. The average molecular weight is 291 g/mol. The largest absolute Gasteiger partial charge is 0.481 e. The van der Waals surface area contributed by atoms with Crippen molar-refractivity contribution in [2.24, 2.45) is 5.92 Å². The van der Waals surface area contributed by atoms with E-state index < -0.39 is 11.9 Å². The second kappa shape index (κ2) is 5.13. The predicted molar refractivity (Wildman–Crippen MR) is 76.6 cm³/mol. The van der Waals surface area contributed by atoms with Crippen LogP contribution in [0, 0.1) is 5.92 Å². The minimum absolute atomic E-state index is 0.0150. The van der Waals surface area contributed by atoms with E-state index in [4.69, 9.17) is 0 Å². The fourth-order valence-electron chi connectivity index (χ4n) is 2.95. The molecule has 0 radical (unpaired) electrons. The number of hydrogen-bond donors (Lipinski definition) is 1. The summed E-state index contributed by atoms with van der Waals surface area (Å²) in [6, 6.07) is 7.85. The number of nitrogens with zero attached hydrogens (tertiary/aromatic N) is 1. The Labute approximate surface area is 122 Å². The van der Waals surface area contributed by atoms with E-state index in [1.165, 1.54) is 0 Å². The summed E-state index contributed by atoms with van der Waals surface area (Å²) in [7, 11) is 0. The molecule has 0 bridgehead atoms. The average Bonchev–Trinajstić information content (AvgIpc) is 3.22. The molecule has 5 heteroatoms. The van der Waals surface area contributed by atoms with Crippen molar-refractivity contribution in [3.63, 3.8) is 0 Å². The van der Waals surface area contributed by atoms with Crippen LogP contribution in [0.5, 0.6) is 0 Å². The smallest absolute Gasteiger partial charge is 0.309 e. The van der Waals surface area contributed by atoms with Crippen molar-refractivity contribution >= 4 is 23.6 Å². The van der Waals surface area contributed by atoms with Gasteiger partial charge in [-0.15, -0.1) is 11.8 Å². The highest BCUT2D eigenvalue weighted by Gasteiger charge is 2.49. The van der Waals surface area contributed by atoms with Crippen molar-refractivity contribution < 1.29 is 14.7 Å². The van der Waals surface area contributed by atoms with Crippen molar-refractivity contribution in [3.05, 3.63) is 29.8 Å². The molecule has 1 aliphatic heterocycles. The van der Waals surface area contributed by atoms with Crippen LogP contribution in [0.1, 0.15) is 30.9 Å². The van der Waals surface area contributed by atoms with E-state index in [-0.39, 0.29) is 24.4 Å². The molecule has 1 heterocycles. The Bertz CT molecular complexity index is 539. The third-order valence-corrected chi connectivity index (χ3v) is 4.82. The number of rotatable bonds is 4. The lowest BCUT2D eigenvalue weighted by Gasteiger charge is -2.27. The lowest BCUT2D eigenvalue weighted by atomic mass is 9.94. The minimum atomic E-state index is -0.875. The quantitative estimate of drug-likeness (QED) is 0.866. The zero-order valence-electron chi connectivity index (χ0n) is 11.3. The van der Waals surface area contributed by atoms with Crippen LogP contribution in [0.2, 0.25) is 0 Å². The van der Waals surface area contributed by atoms with E-state index in [1.54, 1.807) is 11.8 Å². The highest BCUT2D eigenvalue weighted by Crippen LogP contribution is 2.45. The lowest BCUT2D eigenvalue weighted by Crippen LogP contribution is -2.32. The summed E-state index contributed by atoms with van der Waals surface area (Å²) in [4.78, 5) is 26.5. The number of hydrogen-bond acceptors (Lipinski definition) is 3. The monoisotopic (exact) mass is 291 g/mol. The van der Waals surface area contributed by atoms with Crippen LogP contribution in [-0.4, -0.2) is 34.2 Å². The van der Waals surface area contributed by atoms with E-state index in [9.17, 15) is 14.7 Å². The molecule has 2 atom stereocenters. The highest BCUT2D eigenvalue weighted by atomic mass is 32.2. The number of amides is 1. The van der Waals surface area contributed by atoms with E-state index in [1.807, 2.05) is 35.4 Å². The standard InChI is InChI=1S/C15H17NO3S/c1-20-11-6-2-9(3-7-11)14-12(15(18)19)8-13(17)16(14)10-4-5-10/h2-3,6-7,10,12,14H,4-5,8H2,1H3,(H,18,19). The number of carbonyl (C=O) groups excluding carboxylic acids is 1. The van der Waals surface area contributed by atoms with Gasteiger partial charge in [-0.25, -0.2) is 0 Å². The Morgan fingerprint density at radius 3 is 2.45 bits per heavy atom. The molecule has 1 amide bonds. The van der Waals surface area contributed by atoms with Gasteiger partial charge < -0.3 is 10.0 Å². The number of thioether (sulfide) groups is 1.